The second-order valence-electron chi connectivity index (χ2n) is 7.91. The molecule has 3 aromatic carbocycles. The van der Waals surface area contributed by atoms with E-state index in [4.69, 9.17) is 11.6 Å². The Morgan fingerprint density at radius 3 is 2.44 bits per heavy atom. The Labute approximate surface area is 191 Å². The average molecular weight is 440 g/mol. The smallest absolute Gasteiger partial charge is 0.248 e. The third-order valence-corrected chi connectivity index (χ3v) is 6.06. The van der Waals surface area contributed by atoms with Crippen molar-refractivity contribution in [1.29, 1.82) is 0 Å². The number of imidazole rings is 1. The minimum Gasteiger partial charge on any atom is -0.326 e. The van der Waals surface area contributed by atoms with Gasteiger partial charge in [-0.2, -0.15) is 0 Å². The lowest BCUT2D eigenvalue weighted by molar-refractivity contribution is 0.677. The normalized spacial score (nSPS) is 12.2. The molecule has 1 unspecified atom stereocenters. The Morgan fingerprint density at radius 2 is 1.69 bits per heavy atom. The second kappa shape index (κ2) is 8.85. The molecule has 4 nitrogen and oxygen atoms in total. The third-order valence-electron chi connectivity index (χ3n) is 5.80. The number of aryl methyl sites for hydroxylation is 2. The van der Waals surface area contributed by atoms with Crippen molar-refractivity contribution in [2.45, 2.75) is 18.9 Å². The summed E-state index contributed by atoms with van der Waals surface area (Å²) >= 11 is 6.13. The fourth-order valence-electron chi connectivity index (χ4n) is 4.25. The summed E-state index contributed by atoms with van der Waals surface area (Å²) in [5.74, 6) is 0. The molecule has 158 valence electrons. The molecule has 0 radical (unpaired) electrons. The van der Waals surface area contributed by atoms with Gasteiger partial charge < -0.3 is 9.55 Å². The molecule has 0 aliphatic rings. The first-order valence-electron chi connectivity index (χ1n) is 10.6. The van der Waals surface area contributed by atoms with Crippen molar-refractivity contribution in [3.63, 3.8) is 0 Å². The van der Waals surface area contributed by atoms with Gasteiger partial charge in [0, 0.05) is 34.4 Å². The van der Waals surface area contributed by atoms with Crippen LogP contribution in [0.25, 0.3) is 10.9 Å². The molecule has 0 saturated carbocycles. The fraction of sp³-hybridized carbons (Fsp3) is 0.111. The molecule has 1 N–H and O–H groups in total. The van der Waals surface area contributed by atoms with Crippen molar-refractivity contribution in [2.75, 3.05) is 0 Å². The molecular formula is C27H22ClN3O. The van der Waals surface area contributed by atoms with Gasteiger partial charge in [-0.05, 0) is 59.4 Å². The molecule has 2 aromatic heterocycles. The van der Waals surface area contributed by atoms with Gasteiger partial charge in [0.1, 0.15) is 0 Å². The summed E-state index contributed by atoms with van der Waals surface area (Å²) < 4.78 is 2.08. The molecule has 1 atom stereocenters. The van der Waals surface area contributed by atoms with Crippen LogP contribution in [0.1, 0.15) is 28.3 Å². The largest absolute Gasteiger partial charge is 0.326 e. The Balaban J connectivity index is 1.59. The van der Waals surface area contributed by atoms with Crippen molar-refractivity contribution in [1.82, 2.24) is 14.5 Å². The lowest BCUT2D eigenvalue weighted by atomic mass is 9.94. The first-order valence-corrected chi connectivity index (χ1v) is 11.0. The van der Waals surface area contributed by atoms with Crippen molar-refractivity contribution in [3.05, 3.63) is 135 Å². The Kier molecular flexibility index (Phi) is 5.61. The van der Waals surface area contributed by atoms with Crippen molar-refractivity contribution in [3.8, 4) is 0 Å². The van der Waals surface area contributed by atoms with Crippen molar-refractivity contribution >= 4 is 22.5 Å². The minimum absolute atomic E-state index is 0.0481. The Bertz CT molecular complexity index is 1390. The summed E-state index contributed by atoms with van der Waals surface area (Å²) in [6.45, 7) is 0. The maximum absolute atomic E-state index is 12.3. The van der Waals surface area contributed by atoms with E-state index < -0.39 is 0 Å². The zero-order valence-electron chi connectivity index (χ0n) is 17.4. The quantitative estimate of drug-likeness (QED) is 0.363. The molecule has 0 saturated heterocycles. The van der Waals surface area contributed by atoms with Gasteiger partial charge >= 0.3 is 0 Å². The number of pyridine rings is 1. The summed E-state index contributed by atoms with van der Waals surface area (Å²) in [6.07, 6.45) is 7.25. The maximum Gasteiger partial charge on any atom is 0.248 e. The SMILES string of the molecule is O=c1cc(CCc2ccccc2)c2cc(C(c3ccc(Cl)cc3)n3ccnc3)ccc2[nH]1. The predicted octanol–water partition coefficient (Wildman–Crippen LogP) is 5.80. The van der Waals surface area contributed by atoms with E-state index in [2.05, 4.69) is 38.8 Å². The maximum atomic E-state index is 12.3. The third kappa shape index (κ3) is 4.23. The molecule has 32 heavy (non-hydrogen) atoms. The number of H-pyrrole nitrogens is 1. The Hall–Kier alpha value is -3.63. The van der Waals surface area contributed by atoms with Crippen LogP contribution in [-0.2, 0) is 12.8 Å². The van der Waals surface area contributed by atoms with Gasteiger partial charge in [-0.25, -0.2) is 4.98 Å². The van der Waals surface area contributed by atoms with Gasteiger partial charge in [0.2, 0.25) is 5.56 Å². The molecule has 0 amide bonds. The van der Waals surface area contributed by atoms with Crippen LogP contribution in [0, 0.1) is 0 Å². The van der Waals surface area contributed by atoms with Crippen LogP contribution in [0.5, 0.6) is 0 Å². The highest BCUT2D eigenvalue weighted by Gasteiger charge is 2.17. The number of aromatic amines is 1. The molecule has 0 bridgehead atoms. The average Bonchev–Trinajstić information content (AvgIpc) is 3.34. The van der Waals surface area contributed by atoms with Crippen LogP contribution in [0.15, 0.2) is 102 Å². The number of halogens is 1. The summed E-state index contributed by atoms with van der Waals surface area (Å²) in [6, 6.07) is 26.2. The predicted molar refractivity (Wildman–Crippen MR) is 129 cm³/mol. The number of hydrogen-bond acceptors (Lipinski definition) is 2. The zero-order chi connectivity index (χ0) is 21.9. The van der Waals surface area contributed by atoms with Gasteiger partial charge in [0.05, 0.1) is 12.4 Å². The van der Waals surface area contributed by atoms with Crippen LogP contribution < -0.4 is 5.56 Å². The number of fused-ring (bicyclic) bond motifs is 1. The minimum atomic E-state index is -0.0721. The molecule has 5 rings (SSSR count). The van der Waals surface area contributed by atoms with E-state index in [1.165, 1.54) is 5.56 Å². The molecular weight excluding hydrogens is 418 g/mol. The highest BCUT2D eigenvalue weighted by atomic mass is 35.5. The van der Waals surface area contributed by atoms with Crippen LogP contribution in [0.4, 0.5) is 0 Å². The highest BCUT2D eigenvalue weighted by Crippen LogP contribution is 2.30. The number of nitrogens with zero attached hydrogens (tertiary/aromatic N) is 2. The summed E-state index contributed by atoms with van der Waals surface area (Å²) in [4.78, 5) is 19.5. The number of rotatable bonds is 6. The number of nitrogens with one attached hydrogen (secondary N) is 1. The van der Waals surface area contributed by atoms with E-state index in [0.29, 0.717) is 5.02 Å². The number of hydrogen-bond donors (Lipinski definition) is 1. The fourth-order valence-corrected chi connectivity index (χ4v) is 4.37. The van der Waals surface area contributed by atoms with Crippen LogP contribution >= 0.6 is 11.6 Å². The van der Waals surface area contributed by atoms with Gasteiger partial charge in [0.25, 0.3) is 0 Å². The molecule has 2 heterocycles. The van der Waals surface area contributed by atoms with Crippen molar-refractivity contribution < 1.29 is 0 Å². The van der Waals surface area contributed by atoms with Gasteiger partial charge in [-0.1, -0.05) is 60.1 Å². The van der Waals surface area contributed by atoms with Gasteiger partial charge in [0.15, 0.2) is 0 Å². The number of benzene rings is 3. The summed E-state index contributed by atoms with van der Waals surface area (Å²) in [7, 11) is 0. The van der Waals surface area contributed by atoms with E-state index in [0.717, 1.165) is 40.4 Å². The molecule has 5 aromatic rings. The number of aromatic nitrogens is 3. The van der Waals surface area contributed by atoms with Gasteiger partial charge in [-0.3, -0.25) is 4.79 Å². The lowest BCUT2D eigenvalue weighted by Gasteiger charge is -2.21. The Morgan fingerprint density at radius 1 is 0.906 bits per heavy atom. The van der Waals surface area contributed by atoms with Crippen LogP contribution in [-0.4, -0.2) is 14.5 Å². The second-order valence-corrected chi connectivity index (χ2v) is 8.35. The van der Waals surface area contributed by atoms with E-state index in [-0.39, 0.29) is 11.6 Å². The van der Waals surface area contributed by atoms with Crippen LogP contribution in [0.3, 0.4) is 0 Å². The first-order chi connectivity index (χ1) is 15.7. The molecule has 0 aliphatic carbocycles. The van der Waals surface area contributed by atoms with E-state index in [1.807, 2.05) is 61.1 Å². The highest BCUT2D eigenvalue weighted by molar-refractivity contribution is 6.30. The molecule has 0 fully saturated rings. The monoisotopic (exact) mass is 439 g/mol. The molecule has 0 spiro atoms. The van der Waals surface area contributed by atoms with Crippen molar-refractivity contribution in [2.24, 2.45) is 0 Å². The van der Waals surface area contributed by atoms with E-state index in [9.17, 15) is 4.79 Å². The topological polar surface area (TPSA) is 50.7 Å². The zero-order valence-corrected chi connectivity index (χ0v) is 18.2. The van der Waals surface area contributed by atoms with Crippen LogP contribution in [0.2, 0.25) is 5.02 Å². The van der Waals surface area contributed by atoms with E-state index >= 15 is 0 Å². The standard InChI is InChI=1S/C27H22ClN3O/c28-23-11-8-20(9-12-23)27(31-15-14-29-18-31)22-10-13-25-24(16-22)21(17-26(32)30-25)7-6-19-4-2-1-3-5-19/h1-5,8-18,27H,6-7H2,(H,30,32). The van der Waals surface area contributed by atoms with Gasteiger partial charge in [-0.15, -0.1) is 0 Å². The summed E-state index contributed by atoms with van der Waals surface area (Å²) in [5.41, 5.74) is 5.32. The molecule has 5 heteroatoms. The summed E-state index contributed by atoms with van der Waals surface area (Å²) in [5, 5.41) is 1.77. The first kappa shape index (κ1) is 20.3. The lowest BCUT2D eigenvalue weighted by Crippen LogP contribution is -2.12. The molecule has 0 aliphatic heterocycles. The van der Waals surface area contributed by atoms with E-state index in [1.54, 1.807) is 12.3 Å².